The highest BCUT2D eigenvalue weighted by molar-refractivity contribution is 9.10. The van der Waals surface area contributed by atoms with Gasteiger partial charge in [-0.1, -0.05) is 54.1 Å². The molecule has 0 fully saturated rings. The second kappa shape index (κ2) is 13.6. The molecule has 0 atom stereocenters. The van der Waals surface area contributed by atoms with E-state index in [0.717, 1.165) is 18.4 Å². The molecule has 35 heavy (non-hydrogen) atoms. The third kappa shape index (κ3) is 8.17. The molecule has 0 radical (unpaired) electrons. The highest BCUT2D eigenvalue weighted by Gasteiger charge is 2.14. The summed E-state index contributed by atoms with van der Waals surface area (Å²) < 4.78 is 12.4. The van der Waals surface area contributed by atoms with Crippen LogP contribution >= 0.6 is 27.5 Å². The molecule has 0 aliphatic carbocycles. The zero-order chi connectivity index (χ0) is 25.0. The third-order valence-electron chi connectivity index (χ3n) is 5.07. The first-order chi connectivity index (χ1) is 17.0. The van der Waals surface area contributed by atoms with E-state index in [9.17, 15) is 10.1 Å². The standard InChI is InChI=1S/C28H26BrClN2O3/c1-2-34-26-17-22(16-25(29)27(26)35-19-21-10-12-24(30)13-11-21)15-23(18-31)28(33)32-14-6-9-20-7-4-3-5-8-20/h3-5,7-8,10-13,15-17H,2,6,9,14,19H2,1H3,(H,32,33)/b23-15-. The van der Waals surface area contributed by atoms with Gasteiger partial charge in [-0.25, -0.2) is 0 Å². The van der Waals surface area contributed by atoms with Gasteiger partial charge in [0.05, 0.1) is 11.1 Å². The number of aryl methyl sites for hydroxylation is 1. The van der Waals surface area contributed by atoms with E-state index < -0.39 is 5.91 Å². The number of halogens is 2. The van der Waals surface area contributed by atoms with Crippen molar-refractivity contribution in [1.82, 2.24) is 5.32 Å². The van der Waals surface area contributed by atoms with Crippen molar-refractivity contribution in [3.63, 3.8) is 0 Å². The van der Waals surface area contributed by atoms with Crippen LogP contribution in [0.3, 0.4) is 0 Å². The van der Waals surface area contributed by atoms with Crippen molar-refractivity contribution in [3.05, 3.63) is 98.5 Å². The maximum Gasteiger partial charge on any atom is 0.261 e. The van der Waals surface area contributed by atoms with Gasteiger partial charge in [-0.05, 0) is 82.7 Å². The van der Waals surface area contributed by atoms with E-state index >= 15 is 0 Å². The minimum absolute atomic E-state index is 0.0221. The molecule has 0 spiro atoms. The lowest BCUT2D eigenvalue weighted by molar-refractivity contribution is -0.117. The van der Waals surface area contributed by atoms with Crippen LogP contribution in [0.4, 0.5) is 0 Å². The molecular weight excluding hydrogens is 528 g/mol. The number of ether oxygens (including phenoxy) is 2. The second-order valence-electron chi connectivity index (χ2n) is 7.69. The lowest BCUT2D eigenvalue weighted by Crippen LogP contribution is -2.25. The number of nitriles is 1. The molecule has 1 amide bonds. The molecule has 0 aliphatic rings. The van der Waals surface area contributed by atoms with Crippen LogP contribution in [0, 0.1) is 11.3 Å². The topological polar surface area (TPSA) is 71.3 Å². The maximum atomic E-state index is 12.6. The van der Waals surface area contributed by atoms with Gasteiger partial charge in [0, 0.05) is 11.6 Å². The third-order valence-corrected chi connectivity index (χ3v) is 5.92. The van der Waals surface area contributed by atoms with Crippen LogP contribution in [0.1, 0.15) is 30.0 Å². The van der Waals surface area contributed by atoms with Gasteiger partial charge < -0.3 is 14.8 Å². The van der Waals surface area contributed by atoms with Gasteiger partial charge in [-0.15, -0.1) is 0 Å². The first-order valence-corrected chi connectivity index (χ1v) is 12.4. The minimum atomic E-state index is -0.405. The lowest BCUT2D eigenvalue weighted by atomic mass is 10.1. The Balaban J connectivity index is 1.68. The van der Waals surface area contributed by atoms with Crippen LogP contribution in [0.15, 0.2) is 76.8 Å². The summed E-state index contributed by atoms with van der Waals surface area (Å²) in [5.74, 6) is 0.656. The summed E-state index contributed by atoms with van der Waals surface area (Å²) >= 11 is 9.49. The number of rotatable bonds is 11. The van der Waals surface area contributed by atoms with Gasteiger partial charge in [0.25, 0.3) is 5.91 Å². The van der Waals surface area contributed by atoms with Gasteiger partial charge in [0.15, 0.2) is 11.5 Å². The van der Waals surface area contributed by atoms with Crippen molar-refractivity contribution < 1.29 is 14.3 Å². The van der Waals surface area contributed by atoms with Crippen LogP contribution in [-0.2, 0) is 17.8 Å². The summed E-state index contributed by atoms with van der Waals surface area (Å²) in [7, 11) is 0. The molecule has 3 rings (SSSR count). The van der Waals surface area contributed by atoms with Gasteiger partial charge in [0.1, 0.15) is 18.2 Å². The molecule has 3 aromatic carbocycles. The van der Waals surface area contributed by atoms with Gasteiger partial charge in [-0.3, -0.25) is 4.79 Å². The van der Waals surface area contributed by atoms with E-state index in [1.54, 1.807) is 18.2 Å². The van der Waals surface area contributed by atoms with Crippen molar-refractivity contribution >= 4 is 39.5 Å². The Morgan fingerprint density at radius 1 is 1.09 bits per heavy atom. The van der Waals surface area contributed by atoms with Crippen molar-refractivity contribution in [3.8, 4) is 17.6 Å². The van der Waals surface area contributed by atoms with Crippen LogP contribution < -0.4 is 14.8 Å². The lowest BCUT2D eigenvalue weighted by Gasteiger charge is -2.15. The molecular formula is C28H26BrClN2O3. The Morgan fingerprint density at radius 3 is 2.51 bits per heavy atom. The van der Waals surface area contributed by atoms with Crippen LogP contribution in [0.2, 0.25) is 5.02 Å². The Morgan fingerprint density at radius 2 is 1.83 bits per heavy atom. The van der Waals surface area contributed by atoms with Crippen LogP contribution in [0.25, 0.3) is 6.08 Å². The molecule has 0 aliphatic heterocycles. The summed E-state index contributed by atoms with van der Waals surface area (Å²) in [4.78, 5) is 12.6. The summed E-state index contributed by atoms with van der Waals surface area (Å²) in [6, 6.07) is 23.0. The fourth-order valence-corrected chi connectivity index (χ4v) is 4.06. The first kappa shape index (κ1) is 26.3. The average molecular weight is 554 g/mol. The molecule has 5 nitrogen and oxygen atoms in total. The number of carbonyl (C=O) groups is 1. The molecule has 7 heteroatoms. The molecule has 1 N–H and O–H groups in total. The highest BCUT2D eigenvalue weighted by atomic mass is 79.9. The summed E-state index contributed by atoms with van der Waals surface area (Å²) in [5.41, 5.74) is 2.84. The smallest absolute Gasteiger partial charge is 0.261 e. The van der Waals surface area contributed by atoms with E-state index in [-0.39, 0.29) is 5.57 Å². The molecule has 0 saturated carbocycles. The van der Waals surface area contributed by atoms with E-state index in [4.69, 9.17) is 21.1 Å². The van der Waals surface area contributed by atoms with E-state index in [2.05, 4.69) is 33.4 Å². The first-order valence-electron chi connectivity index (χ1n) is 11.3. The normalized spacial score (nSPS) is 11.0. The number of nitrogens with one attached hydrogen (secondary N) is 1. The van der Waals surface area contributed by atoms with E-state index in [0.29, 0.717) is 46.3 Å². The summed E-state index contributed by atoms with van der Waals surface area (Å²) in [6.45, 7) is 3.13. The van der Waals surface area contributed by atoms with Gasteiger partial charge >= 0.3 is 0 Å². The zero-order valence-corrected chi connectivity index (χ0v) is 21.7. The number of nitrogens with zero attached hydrogens (tertiary/aromatic N) is 1. The zero-order valence-electron chi connectivity index (χ0n) is 19.4. The molecule has 3 aromatic rings. The quantitative estimate of drug-likeness (QED) is 0.162. The molecule has 180 valence electrons. The SMILES string of the molecule is CCOc1cc(/C=C(/C#N)C(=O)NCCCc2ccccc2)cc(Br)c1OCc1ccc(Cl)cc1. The van der Waals surface area contributed by atoms with Crippen molar-refractivity contribution in [2.75, 3.05) is 13.2 Å². The minimum Gasteiger partial charge on any atom is -0.490 e. The summed E-state index contributed by atoms with van der Waals surface area (Å²) in [6.07, 6.45) is 3.19. The van der Waals surface area contributed by atoms with Crippen molar-refractivity contribution in [2.24, 2.45) is 0 Å². The van der Waals surface area contributed by atoms with Gasteiger partial charge in [-0.2, -0.15) is 5.26 Å². The van der Waals surface area contributed by atoms with E-state index in [1.807, 2.05) is 55.5 Å². The largest absolute Gasteiger partial charge is 0.490 e. The van der Waals surface area contributed by atoms with Crippen molar-refractivity contribution in [2.45, 2.75) is 26.4 Å². The van der Waals surface area contributed by atoms with Crippen molar-refractivity contribution in [1.29, 1.82) is 5.26 Å². The van der Waals surface area contributed by atoms with E-state index in [1.165, 1.54) is 5.56 Å². The maximum absolute atomic E-state index is 12.6. The molecule has 0 aromatic heterocycles. The fourth-order valence-electron chi connectivity index (χ4n) is 3.36. The Kier molecular flexibility index (Phi) is 10.2. The number of benzene rings is 3. The second-order valence-corrected chi connectivity index (χ2v) is 8.98. The fraction of sp³-hybridized carbons (Fsp3) is 0.214. The monoisotopic (exact) mass is 552 g/mol. The summed E-state index contributed by atoms with van der Waals surface area (Å²) in [5, 5.41) is 13.0. The number of hydrogen-bond donors (Lipinski definition) is 1. The Bertz CT molecular complexity index is 1210. The molecule has 0 bridgehead atoms. The van der Waals surface area contributed by atoms with Gasteiger partial charge in [0.2, 0.25) is 0 Å². The predicted molar refractivity (Wildman–Crippen MR) is 142 cm³/mol. The molecule has 0 saturated heterocycles. The van der Waals surface area contributed by atoms with Crippen LogP contribution in [-0.4, -0.2) is 19.1 Å². The number of carbonyl (C=O) groups excluding carboxylic acids is 1. The molecule has 0 unspecified atom stereocenters. The Hall–Kier alpha value is -3.27. The molecule has 0 heterocycles. The Labute approximate surface area is 219 Å². The van der Waals surface area contributed by atoms with Crippen LogP contribution in [0.5, 0.6) is 11.5 Å². The number of hydrogen-bond acceptors (Lipinski definition) is 4. The number of amides is 1. The predicted octanol–water partition coefficient (Wildman–Crippen LogP) is 6.74. The highest BCUT2D eigenvalue weighted by Crippen LogP contribution is 2.38. The average Bonchev–Trinajstić information content (AvgIpc) is 2.86.